The molecule has 0 spiro atoms. The highest BCUT2D eigenvalue weighted by Gasteiger charge is 2.48. The lowest BCUT2D eigenvalue weighted by atomic mass is 9.75. The maximum absolute atomic E-state index is 12.6. The zero-order chi connectivity index (χ0) is 32.8. The third-order valence-electron chi connectivity index (χ3n) is 8.96. The van der Waals surface area contributed by atoms with Gasteiger partial charge in [0.1, 0.15) is 5.75 Å². The second kappa shape index (κ2) is 14.4. The summed E-state index contributed by atoms with van der Waals surface area (Å²) < 4.78 is 32.9. The van der Waals surface area contributed by atoms with Crippen LogP contribution in [0.3, 0.4) is 0 Å². The number of aryl methyl sites for hydroxylation is 2. The first-order valence-electron chi connectivity index (χ1n) is 15.6. The number of imidazole rings is 1. The predicted octanol–water partition coefficient (Wildman–Crippen LogP) is 5.02. The van der Waals surface area contributed by atoms with Crippen molar-refractivity contribution in [1.29, 1.82) is 0 Å². The van der Waals surface area contributed by atoms with Gasteiger partial charge in [0.25, 0.3) is 0 Å². The number of hydrogen-bond donors (Lipinski definition) is 1. The maximum Gasteiger partial charge on any atom is 0.328 e. The van der Waals surface area contributed by atoms with E-state index in [1.54, 1.807) is 11.6 Å². The van der Waals surface area contributed by atoms with Gasteiger partial charge in [0.05, 0.1) is 25.3 Å². The van der Waals surface area contributed by atoms with Gasteiger partial charge in [-0.15, -0.1) is 0 Å². The molecule has 46 heavy (non-hydrogen) atoms. The van der Waals surface area contributed by atoms with Gasteiger partial charge in [-0.1, -0.05) is 35.9 Å². The van der Waals surface area contributed by atoms with Crippen LogP contribution in [0.4, 0.5) is 5.69 Å². The van der Waals surface area contributed by atoms with E-state index in [2.05, 4.69) is 51.1 Å². The molecule has 0 amide bonds. The number of aliphatic carboxylic acids is 1. The summed E-state index contributed by atoms with van der Waals surface area (Å²) in [5.41, 5.74) is 4.38. The van der Waals surface area contributed by atoms with Crippen molar-refractivity contribution in [2.45, 2.75) is 56.0 Å². The van der Waals surface area contributed by atoms with Crippen LogP contribution in [0.2, 0.25) is 0 Å². The minimum Gasteiger partial charge on any atom is -0.505 e. The Morgan fingerprint density at radius 3 is 2.50 bits per heavy atom. The molecule has 1 N–H and O–H groups in total. The number of nitrogens with zero attached hydrogens (tertiary/aromatic N) is 4. The molecule has 1 aromatic heterocycles. The highest BCUT2D eigenvalue weighted by molar-refractivity contribution is 7.91. The summed E-state index contributed by atoms with van der Waals surface area (Å²) in [4.78, 5) is 30.1. The Bertz CT molecular complexity index is 1720. The van der Waals surface area contributed by atoms with Gasteiger partial charge >= 0.3 is 5.97 Å². The fraction of sp³-hybridized carbons (Fsp3) is 0.429. The number of carboxylic acids is 1. The van der Waals surface area contributed by atoms with Gasteiger partial charge in [-0.05, 0) is 80.2 Å². The summed E-state index contributed by atoms with van der Waals surface area (Å²) in [6, 6.07) is 15.3. The van der Waals surface area contributed by atoms with Crippen molar-refractivity contribution >= 4 is 27.3 Å². The Morgan fingerprint density at radius 1 is 1.15 bits per heavy atom. The zero-order valence-electron chi connectivity index (χ0n) is 26.2. The first-order valence-corrected chi connectivity index (χ1v) is 17.3. The van der Waals surface area contributed by atoms with Crippen LogP contribution in [-0.4, -0.2) is 71.2 Å². The Kier molecular flexibility index (Phi) is 10.4. The second-order valence-corrected chi connectivity index (χ2v) is 14.5. The number of piperidine rings is 1. The lowest BCUT2D eigenvalue weighted by Gasteiger charge is -2.40. The van der Waals surface area contributed by atoms with Gasteiger partial charge in [-0.2, -0.15) is 0 Å². The SMILES string of the molecule is CC(=O)/C=C/C(=O)O.[C-]#[N+]c1cc2c(cc1OCCCS(=O)(=O)c1cn(C)cn1)C(Cc1ccccc1)C(N1CC3CC3C1)CC2. The molecule has 3 aliphatic rings. The van der Waals surface area contributed by atoms with E-state index in [1.165, 1.54) is 55.6 Å². The number of likely N-dealkylation sites (tertiary alicyclic amines) is 1. The normalized spacial score (nSPS) is 21.8. The smallest absolute Gasteiger partial charge is 0.328 e. The summed E-state index contributed by atoms with van der Waals surface area (Å²) in [6.07, 6.45) is 9.60. The van der Waals surface area contributed by atoms with E-state index in [0.29, 0.717) is 29.8 Å². The fourth-order valence-corrected chi connectivity index (χ4v) is 7.88. The van der Waals surface area contributed by atoms with E-state index in [1.807, 2.05) is 6.07 Å². The number of rotatable bonds is 11. The molecule has 242 valence electrons. The van der Waals surface area contributed by atoms with Crippen LogP contribution in [0.25, 0.3) is 4.85 Å². The summed E-state index contributed by atoms with van der Waals surface area (Å²) in [7, 11) is -1.71. The molecule has 4 unspecified atom stereocenters. The molecule has 6 rings (SSSR count). The van der Waals surface area contributed by atoms with Crippen molar-refractivity contribution in [3.8, 4) is 5.75 Å². The monoisotopic (exact) mass is 644 g/mol. The van der Waals surface area contributed by atoms with Crippen molar-refractivity contribution in [3.05, 3.63) is 95.2 Å². The van der Waals surface area contributed by atoms with Crippen molar-refractivity contribution in [2.24, 2.45) is 18.9 Å². The zero-order valence-corrected chi connectivity index (χ0v) is 27.0. The van der Waals surface area contributed by atoms with E-state index >= 15 is 0 Å². The molecular weight excluding hydrogens is 604 g/mol. The first-order chi connectivity index (χ1) is 22.0. The molecular formula is C35H40N4O6S. The van der Waals surface area contributed by atoms with Crippen molar-refractivity contribution in [1.82, 2.24) is 14.5 Å². The quantitative estimate of drug-likeness (QED) is 0.175. The van der Waals surface area contributed by atoms with Crippen molar-refractivity contribution in [2.75, 3.05) is 25.4 Å². The maximum atomic E-state index is 12.6. The number of benzene rings is 2. The number of carbonyl (C=O) groups is 2. The minimum atomic E-state index is -3.46. The second-order valence-electron chi connectivity index (χ2n) is 12.4. The van der Waals surface area contributed by atoms with E-state index < -0.39 is 15.8 Å². The van der Waals surface area contributed by atoms with Crippen LogP contribution < -0.4 is 4.74 Å². The number of sulfone groups is 1. The van der Waals surface area contributed by atoms with Crippen LogP contribution in [0.5, 0.6) is 5.75 Å². The molecule has 10 nitrogen and oxygen atoms in total. The number of fused-ring (bicyclic) bond motifs is 2. The molecule has 4 atom stereocenters. The highest BCUT2D eigenvalue weighted by Crippen LogP contribution is 2.49. The Balaban J connectivity index is 0.000000463. The van der Waals surface area contributed by atoms with E-state index in [0.717, 1.165) is 43.3 Å². The molecule has 2 fully saturated rings. The summed E-state index contributed by atoms with van der Waals surface area (Å²) in [6.45, 7) is 11.7. The Hall–Kier alpha value is -4.27. The molecule has 0 bridgehead atoms. The first kappa shape index (κ1) is 33.1. The average Bonchev–Trinajstić information content (AvgIpc) is 3.38. The number of hydrogen-bond acceptors (Lipinski definition) is 7. The number of ether oxygens (including phenoxy) is 1. The van der Waals surface area contributed by atoms with E-state index in [-0.39, 0.29) is 23.2 Å². The molecule has 2 aromatic carbocycles. The van der Waals surface area contributed by atoms with Crippen molar-refractivity contribution in [3.63, 3.8) is 0 Å². The van der Waals surface area contributed by atoms with Crippen LogP contribution in [0, 0.1) is 18.4 Å². The number of carbonyl (C=O) groups excluding carboxylic acids is 1. The predicted molar refractivity (Wildman–Crippen MR) is 174 cm³/mol. The number of aromatic nitrogens is 2. The van der Waals surface area contributed by atoms with Gasteiger partial charge in [-0.25, -0.2) is 23.0 Å². The minimum absolute atomic E-state index is 0.0433. The van der Waals surface area contributed by atoms with Crippen LogP contribution in [0.15, 0.2) is 72.2 Å². The third-order valence-corrected chi connectivity index (χ3v) is 10.6. The van der Waals surface area contributed by atoms with Gasteiger partial charge in [0, 0.05) is 44.4 Å². The molecule has 0 radical (unpaired) electrons. The van der Waals surface area contributed by atoms with Crippen LogP contribution >= 0.6 is 0 Å². The largest absolute Gasteiger partial charge is 0.505 e. The molecule has 1 saturated carbocycles. The molecule has 1 aliphatic heterocycles. The Morgan fingerprint density at radius 2 is 1.89 bits per heavy atom. The topological polar surface area (TPSA) is 123 Å². The molecule has 11 heteroatoms. The standard InChI is InChI=1S/C30H34N4O3S.C5H6O3/c1-31-27-15-22-9-10-28(34-17-23-14-24(23)18-34)26(13-21-7-4-3-5-8-21)25(22)16-29(27)37-11-6-12-38(35,36)30-19-33(2)20-32-30;1-4(6)2-3-5(7)8/h3-5,7-8,15-16,19-20,23-24,26,28H,6,9-14,17-18H2,2H3;2-3H,1H3,(H,7,8)/b;3-2+. The Labute approximate surface area is 270 Å². The van der Waals surface area contributed by atoms with E-state index in [4.69, 9.17) is 16.4 Å². The number of allylic oxidation sites excluding steroid dienone is 1. The van der Waals surface area contributed by atoms with Gasteiger partial charge in [0.15, 0.2) is 20.6 Å². The van der Waals surface area contributed by atoms with Gasteiger partial charge in [0.2, 0.25) is 5.69 Å². The molecule has 3 aromatic rings. The number of carboxylic acid groups (broad SMARTS) is 1. The molecule has 2 heterocycles. The van der Waals surface area contributed by atoms with Crippen LogP contribution in [-0.2, 0) is 39.3 Å². The summed E-state index contributed by atoms with van der Waals surface area (Å²) >= 11 is 0. The van der Waals surface area contributed by atoms with Crippen molar-refractivity contribution < 1.29 is 27.9 Å². The van der Waals surface area contributed by atoms with Gasteiger partial charge < -0.3 is 14.4 Å². The number of ketones is 1. The average molecular weight is 645 g/mol. The fourth-order valence-electron chi connectivity index (χ4n) is 6.63. The van der Waals surface area contributed by atoms with E-state index in [9.17, 15) is 18.0 Å². The third kappa shape index (κ3) is 8.30. The van der Waals surface area contributed by atoms with Gasteiger partial charge in [-0.3, -0.25) is 9.69 Å². The summed E-state index contributed by atoms with van der Waals surface area (Å²) in [5.74, 6) is 1.28. The molecule has 1 saturated heterocycles. The lowest BCUT2D eigenvalue weighted by Crippen LogP contribution is -2.42. The van der Waals surface area contributed by atoms with Crippen LogP contribution in [0.1, 0.15) is 48.8 Å². The lowest BCUT2D eigenvalue weighted by molar-refractivity contribution is -0.131. The highest BCUT2D eigenvalue weighted by atomic mass is 32.2. The summed E-state index contributed by atoms with van der Waals surface area (Å²) in [5, 5.41) is 8.01. The molecule has 2 aliphatic carbocycles.